The number of carbonyl (C=O) groups excluding carboxylic acids is 1. The largest absolute Gasteiger partial charge is 0.384 e. The molecule has 10 heteroatoms. The zero-order chi connectivity index (χ0) is 26.3. The van der Waals surface area contributed by atoms with Crippen LogP contribution < -0.4 is 20.5 Å². The average molecular weight is 515 g/mol. The van der Waals surface area contributed by atoms with Gasteiger partial charge in [0, 0.05) is 43.8 Å². The monoisotopic (exact) mass is 514 g/mol. The third-order valence-corrected chi connectivity index (χ3v) is 7.63. The summed E-state index contributed by atoms with van der Waals surface area (Å²) < 4.78 is 0. The number of allylic oxidation sites excluding steroid dienone is 1. The fraction of sp³-hybridized carbons (Fsp3) is 0.393. The second kappa shape index (κ2) is 9.77. The lowest BCUT2D eigenvalue weighted by atomic mass is 9.95. The quantitative estimate of drug-likeness (QED) is 0.525. The third-order valence-electron chi connectivity index (χ3n) is 7.63. The number of carbonyl (C=O) groups is 1. The summed E-state index contributed by atoms with van der Waals surface area (Å²) >= 11 is 0. The van der Waals surface area contributed by atoms with Crippen LogP contribution in [0.1, 0.15) is 25.5 Å². The predicted molar refractivity (Wildman–Crippen MR) is 149 cm³/mol. The molecule has 2 aromatic rings. The van der Waals surface area contributed by atoms with E-state index in [-0.39, 0.29) is 5.91 Å². The van der Waals surface area contributed by atoms with Crippen LogP contribution in [0.5, 0.6) is 0 Å². The van der Waals surface area contributed by atoms with Crippen LogP contribution in [0, 0.1) is 0 Å². The van der Waals surface area contributed by atoms with Crippen LogP contribution in [-0.4, -0.2) is 77.8 Å². The van der Waals surface area contributed by atoms with Crippen LogP contribution in [0.3, 0.4) is 0 Å². The van der Waals surface area contributed by atoms with E-state index in [4.69, 9.17) is 4.98 Å². The van der Waals surface area contributed by atoms with Crippen LogP contribution in [0.25, 0.3) is 0 Å². The number of nitrogens with one attached hydrogen (secondary N) is 2. The van der Waals surface area contributed by atoms with Gasteiger partial charge in [0.25, 0.3) is 5.91 Å². The van der Waals surface area contributed by atoms with Crippen LogP contribution in [0.15, 0.2) is 71.4 Å². The Balaban J connectivity index is 1.27. The van der Waals surface area contributed by atoms with Crippen molar-refractivity contribution >= 4 is 29.1 Å². The first-order valence-corrected chi connectivity index (χ1v) is 13.2. The van der Waals surface area contributed by atoms with E-state index < -0.39 is 11.8 Å². The number of anilines is 3. The molecule has 0 aliphatic carbocycles. The van der Waals surface area contributed by atoms with Crippen molar-refractivity contribution in [2.75, 3.05) is 55.0 Å². The Morgan fingerprint density at radius 3 is 2.76 bits per heavy atom. The van der Waals surface area contributed by atoms with E-state index in [2.05, 4.69) is 44.6 Å². The number of hydrogen-bond acceptors (Lipinski definition) is 9. The first kappa shape index (κ1) is 24.4. The number of likely N-dealkylation sites (N-methyl/N-ethyl adjacent to an activating group) is 1. The number of amides is 1. The summed E-state index contributed by atoms with van der Waals surface area (Å²) in [5, 5.41) is 21.4. The van der Waals surface area contributed by atoms with Crippen molar-refractivity contribution in [2.45, 2.75) is 31.5 Å². The van der Waals surface area contributed by atoms with E-state index >= 15 is 0 Å². The predicted octanol–water partition coefficient (Wildman–Crippen LogP) is 2.24. The van der Waals surface area contributed by atoms with Gasteiger partial charge in [0.2, 0.25) is 5.96 Å². The fourth-order valence-electron chi connectivity index (χ4n) is 5.31. The molecule has 6 rings (SSSR count). The number of nitrogens with zero attached hydrogens (tertiary/aromatic N) is 6. The zero-order valence-electron chi connectivity index (χ0n) is 21.8. The van der Waals surface area contributed by atoms with E-state index in [1.165, 1.54) is 5.69 Å². The lowest BCUT2D eigenvalue weighted by Gasteiger charge is -2.34. The number of rotatable bonds is 2. The molecule has 2 fully saturated rings. The molecule has 0 saturated carbocycles. The van der Waals surface area contributed by atoms with Crippen molar-refractivity contribution < 1.29 is 9.90 Å². The number of aromatic nitrogens is 1. The molecule has 3 N–H and O–H groups in total. The van der Waals surface area contributed by atoms with E-state index in [1.807, 2.05) is 47.5 Å². The smallest absolute Gasteiger partial charge is 0.274 e. The van der Waals surface area contributed by atoms with Crippen molar-refractivity contribution in [3.8, 4) is 0 Å². The highest BCUT2D eigenvalue weighted by atomic mass is 16.3. The Morgan fingerprint density at radius 1 is 1.11 bits per heavy atom. The number of guanidine groups is 1. The first-order chi connectivity index (χ1) is 18.4. The molecule has 0 radical (unpaired) electrons. The Bertz CT molecular complexity index is 1310. The topological polar surface area (TPSA) is 99.6 Å². The molecular formula is C28H34N8O2. The van der Waals surface area contributed by atoms with Gasteiger partial charge in [-0.3, -0.25) is 4.79 Å². The van der Waals surface area contributed by atoms with Crippen molar-refractivity contribution in [2.24, 2.45) is 4.99 Å². The number of aliphatic imine (C=N–C) groups is 1. The number of hydrogen-bond donors (Lipinski definition) is 3. The number of aliphatic hydroxyl groups is 1. The van der Waals surface area contributed by atoms with E-state index in [0.717, 1.165) is 31.9 Å². The average Bonchev–Trinajstić information content (AvgIpc) is 3.19. The van der Waals surface area contributed by atoms with Crippen molar-refractivity contribution in [3.05, 3.63) is 72.1 Å². The summed E-state index contributed by atoms with van der Waals surface area (Å²) in [6.45, 7) is 6.26. The van der Waals surface area contributed by atoms with Gasteiger partial charge < -0.3 is 25.5 Å². The van der Waals surface area contributed by atoms with Gasteiger partial charge in [0.1, 0.15) is 11.4 Å². The van der Waals surface area contributed by atoms with E-state index in [1.54, 1.807) is 18.1 Å². The number of benzene rings is 1. The van der Waals surface area contributed by atoms with Gasteiger partial charge in [0.05, 0.1) is 17.8 Å². The third kappa shape index (κ3) is 4.61. The Kier molecular flexibility index (Phi) is 6.29. The van der Waals surface area contributed by atoms with Gasteiger partial charge in [0.15, 0.2) is 6.17 Å². The Labute approximate surface area is 222 Å². The highest BCUT2D eigenvalue weighted by Gasteiger charge is 2.45. The number of pyridine rings is 1. The van der Waals surface area contributed by atoms with Gasteiger partial charge in [-0.1, -0.05) is 24.3 Å². The molecule has 5 heterocycles. The van der Waals surface area contributed by atoms with Gasteiger partial charge in [-0.25, -0.2) is 20.0 Å². The summed E-state index contributed by atoms with van der Waals surface area (Å²) in [4.78, 5) is 27.5. The summed E-state index contributed by atoms with van der Waals surface area (Å²) in [7, 11) is 2.15. The van der Waals surface area contributed by atoms with Crippen LogP contribution in [0.4, 0.5) is 17.2 Å². The highest BCUT2D eigenvalue weighted by Crippen LogP contribution is 2.33. The van der Waals surface area contributed by atoms with E-state index in [0.29, 0.717) is 42.4 Å². The summed E-state index contributed by atoms with van der Waals surface area (Å²) in [6.07, 6.45) is 6.37. The molecule has 0 spiro atoms. The normalized spacial score (nSPS) is 26.4. The Morgan fingerprint density at radius 2 is 1.92 bits per heavy atom. The van der Waals surface area contributed by atoms with E-state index in [9.17, 15) is 9.90 Å². The fourth-order valence-corrected chi connectivity index (χ4v) is 5.31. The van der Waals surface area contributed by atoms with Gasteiger partial charge in [-0.2, -0.15) is 0 Å². The second-order valence-electron chi connectivity index (χ2n) is 10.5. The van der Waals surface area contributed by atoms with Crippen LogP contribution in [-0.2, 0) is 10.4 Å². The highest BCUT2D eigenvalue weighted by molar-refractivity contribution is 6.04. The zero-order valence-corrected chi connectivity index (χ0v) is 21.8. The standard InChI is InChI=1S/C28H34N8O2/c1-28(38)12-4-3-5-13-35-26(37)22-19-29-27(32-25(22)36(35)24-11-7-10-23(28)31-24)30-20-8-6-9-21(18-20)34-16-14-33(2)15-17-34/h3,5-11,18-19,25,38H,4,12-17H2,1-2H3,(H2,29,30,32)/b5-3-. The molecule has 2 unspecified atom stereocenters. The molecule has 198 valence electrons. The molecule has 2 atom stereocenters. The summed E-state index contributed by atoms with van der Waals surface area (Å²) in [5.41, 5.74) is 2.15. The minimum Gasteiger partial charge on any atom is -0.384 e. The Hall–Kier alpha value is -3.89. The van der Waals surface area contributed by atoms with Gasteiger partial charge in [-0.05, 0) is 57.1 Å². The lowest BCUT2D eigenvalue weighted by Crippen LogP contribution is -2.53. The number of fused-ring (bicyclic) bond motifs is 6. The maximum atomic E-state index is 13.4. The minimum atomic E-state index is -1.07. The lowest BCUT2D eigenvalue weighted by molar-refractivity contribution is -0.124. The van der Waals surface area contributed by atoms with Gasteiger partial charge >= 0.3 is 0 Å². The molecular weight excluding hydrogens is 480 g/mol. The van der Waals surface area contributed by atoms with Crippen LogP contribution in [0.2, 0.25) is 0 Å². The number of hydrazine groups is 1. The molecule has 38 heavy (non-hydrogen) atoms. The molecule has 2 bridgehead atoms. The van der Waals surface area contributed by atoms with Crippen molar-refractivity contribution in [1.82, 2.24) is 20.2 Å². The maximum Gasteiger partial charge on any atom is 0.274 e. The maximum absolute atomic E-state index is 13.4. The van der Waals surface area contributed by atoms with Crippen molar-refractivity contribution in [1.29, 1.82) is 0 Å². The molecule has 2 saturated heterocycles. The first-order valence-electron chi connectivity index (χ1n) is 13.2. The minimum absolute atomic E-state index is 0.120. The molecule has 1 amide bonds. The molecule has 10 nitrogen and oxygen atoms in total. The molecule has 4 aliphatic rings. The SMILES string of the molecule is CN1CCN(c2cccc(NC3=NC=C4C(=O)N5C/C=C\CCC(C)(O)c6cccc(n6)N5C4N3)c2)CC1. The second-order valence-corrected chi connectivity index (χ2v) is 10.5. The van der Waals surface area contributed by atoms with Gasteiger partial charge in [-0.15, -0.1) is 0 Å². The summed E-state index contributed by atoms with van der Waals surface area (Å²) in [6, 6.07) is 13.9. The summed E-state index contributed by atoms with van der Waals surface area (Å²) in [5.74, 6) is 1.02. The van der Waals surface area contributed by atoms with Crippen molar-refractivity contribution in [3.63, 3.8) is 0 Å². The molecule has 1 aromatic heterocycles. The van der Waals surface area contributed by atoms with Crippen LogP contribution >= 0.6 is 0 Å². The molecule has 1 aromatic carbocycles. The molecule has 4 aliphatic heterocycles. The number of piperazine rings is 1.